The van der Waals surface area contributed by atoms with Crippen LogP contribution in [0.25, 0.3) is 0 Å². The molecule has 0 aromatic carbocycles. The van der Waals surface area contributed by atoms with Crippen molar-refractivity contribution in [3.05, 3.63) is 29.3 Å². The molecule has 0 aliphatic heterocycles. The van der Waals surface area contributed by atoms with Gasteiger partial charge in [-0.2, -0.15) is 10.2 Å². The number of halogens is 1. The van der Waals surface area contributed by atoms with Gasteiger partial charge in [0.2, 0.25) is 0 Å². The van der Waals surface area contributed by atoms with Crippen molar-refractivity contribution in [2.45, 2.75) is 20.4 Å². The molecule has 0 aliphatic carbocycles. The quantitative estimate of drug-likeness (QED) is 0.910. The molecule has 17 heavy (non-hydrogen) atoms. The molecule has 0 atom stereocenters. The number of anilines is 1. The first kappa shape index (κ1) is 13.6. The normalized spacial score (nSPS) is 10.1. The maximum Gasteiger partial charge on any atom is 0.0825 e. The number of hydrogen-bond acceptors (Lipinski definition) is 3. The zero-order valence-corrected chi connectivity index (χ0v) is 11.4. The van der Waals surface area contributed by atoms with E-state index in [1.807, 2.05) is 42.8 Å². The average Bonchev–Trinajstić information content (AvgIpc) is 2.70. The number of aryl methyl sites for hydroxylation is 3. The number of rotatable bonds is 3. The van der Waals surface area contributed by atoms with Gasteiger partial charge in [0, 0.05) is 38.1 Å². The van der Waals surface area contributed by atoms with E-state index in [0.29, 0.717) is 0 Å². The summed E-state index contributed by atoms with van der Waals surface area (Å²) in [7, 11) is 3.88. The summed E-state index contributed by atoms with van der Waals surface area (Å²) < 4.78 is 3.70. The van der Waals surface area contributed by atoms with E-state index in [1.54, 1.807) is 0 Å². The van der Waals surface area contributed by atoms with E-state index in [0.717, 1.165) is 17.9 Å². The molecule has 2 aromatic heterocycles. The lowest BCUT2D eigenvalue weighted by Crippen LogP contribution is -2.01. The lowest BCUT2D eigenvalue weighted by atomic mass is 10.2. The molecule has 2 aromatic rings. The van der Waals surface area contributed by atoms with Crippen LogP contribution in [0.3, 0.4) is 0 Å². The van der Waals surface area contributed by atoms with E-state index in [1.165, 1.54) is 11.3 Å². The minimum atomic E-state index is 0. The van der Waals surface area contributed by atoms with Gasteiger partial charge in [-0.05, 0) is 13.8 Å². The number of hydrogen-bond donors (Lipinski definition) is 1. The molecule has 0 saturated carbocycles. The molecule has 1 N–H and O–H groups in total. The monoisotopic (exact) mass is 255 g/mol. The Morgan fingerprint density at radius 3 is 2.47 bits per heavy atom. The van der Waals surface area contributed by atoms with Crippen LogP contribution < -0.4 is 5.32 Å². The van der Waals surface area contributed by atoms with Gasteiger partial charge >= 0.3 is 0 Å². The fourth-order valence-electron chi connectivity index (χ4n) is 1.68. The molecular weight excluding hydrogens is 238 g/mol. The van der Waals surface area contributed by atoms with E-state index >= 15 is 0 Å². The summed E-state index contributed by atoms with van der Waals surface area (Å²) in [4.78, 5) is 0. The highest BCUT2D eigenvalue weighted by Crippen LogP contribution is 2.14. The van der Waals surface area contributed by atoms with Crippen molar-refractivity contribution < 1.29 is 0 Å². The first-order chi connectivity index (χ1) is 7.58. The molecule has 2 heterocycles. The van der Waals surface area contributed by atoms with E-state index in [2.05, 4.69) is 22.4 Å². The predicted molar refractivity (Wildman–Crippen MR) is 70.5 cm³/mol. The second-order valence-corrected chi connectivity index (χ2v) is 4.03. The maximum absolute atomic E-state index is 4.28. The molecule has 5 nitrogen and oxygen atoms in total. The van der Waals surface area contributed by atoms with Gasteiger partial charge < -0.3 is 5.32 Å². The van der Waals surface area contributed by atoms with Crippen molar-refractivity contribution in [2.24, 2.45) is 14.1 Å². The highest BCUT2D eigenvalue weighted by atomic mass is 35.5. The number of nitrogens with one attached hydrogen (secondary N) is 1. The second kappa shape index (κ2) is 5.23. The van der Waals surface area contributed by atoms with Crippen LogP contribution in [0.2, 0.25) is 0 Å². The Morgan fingerprint density at radius 1 is 1.29 bits per heavy atom. The van der Waals surface area contributed by atoms with Gasteiger partial charge in [-0.25, -0.2) is 0 Å². The maximum atomic E-state index is 4.28. The molecule has 0 fully saturated rings. The molecule has 0 unspecified atom stereocenters. The molecule has 0 amide bonds. The standard InChI is InChI=1S/C11H17N5.ClH/c1-8-11(7-15(3)14-8)12-5-10-6-13-16(4)9(10)2;/h6-7,12H,5H2,1-4H3;1H. The Kier molecular flexibility index (Phi) is 4.17. The van der Waals surface area contributed by atoms with Crippen LogP contribution in [0.4, 0.5) is 5.69 Å². The Bertz CT molecular complexity index is 498. The first-order valence-electron chi connectivity index (χ1n) is 5.29. The molecule has 2 rings (SSSR count). The van der Waals surface area contributed by atoms with Crippen molar-refractivity contribution in [1.29, 1.82) is 0 Å². The largest absolute Gasteiger partial charge is 0.378 e. The Labute approximate surface area is 107 Å². The Hall–Kier alpha value is -1.49. The van der Waals surface area contributed by atoms with Crippen LogP contribution in [-0.2, 0) is 20.6 Å². The second-order valence-electron chi connectivity index (χ2n) is 4.03. The third-order valence-corrected chi connectivity index (χ3v) is 2.82. The van der Waals surface area contributed by atoms with Crippen LogP contribution in [0.1, 0.15) is 17.0 Å². The average molecular weight is 256 g/mol. The molecule has 6 heteroatoms. The fraction of sp³-hybridized carbons (Fsp3) is 0.455. The van der Waals surface area contributed by atoms with Gasteiger partial charge in [0.15, 0.2) is 0 Å². The van der Waals surface area contributed by atoms with Crippen molar-refractivity contribution in [3.8, 4) is 0 Å². The zero-order chi connectivity index (χ0) is 11.7. The van der Waals surface area contributed by atoms with E-state index in [-0.39, 0.29) is 12.4 Å². The molecule has 0 aliphatic rings. The van der Waals surface area contributed by atoms with Crippen molar-refractivity contribution >= 4 is 18.1 Å². The number of nitrogens with zero attached hydrogens (tertiary/aromatic N) is 4. The van der Waals surface area contributed by atoms with Gasteiger partial charge in [0.1, 0.15) is 0 Å². The van der Waals surface area contributed by atoms with Crippen LogP contribution in [0.15, 0.2) is 12.4 Å². The third-order valence-electron chi connectivity index (χ3n) is 2.82. The van der Waals surface area contributed by atoms with Crippen LogP contribution in [-0.4, -0.2) is 19.6 Å². The molecule has 0 bridgehead atoms. The lowest BCUT2D eigenvalue weighted by Gasteiger charge is -2.04. The zero-order valence-electron chi connectivity index (χ0n) is 10.6. The fourth-order valence-corrected chi connectivity index (χ4v) is 1.68. The summed E-state index contributed by atoms with van der Waals surface area (Å²) >= 11 is 0. The highest BCUT2D eigenvalue weighted by Gasteiger charge is 2.05. The summed E-state index contributed by atoms with van der Waals surface area (Å²) in [6.45, 7) is 4.85. The molecule has 0 radical (unpaired) electrons. The summed E-state index contributed by atoms with van der Waals surface area (Å²) in [5, 5.41) is 11.9. The summed E-state index contributed by atoms with van der Waals surface area (Å²) in [6, 6.07) is 0. The van der Waals surface area contributed by atoms with Crippen LogP contribution in [0, 0.1) is 13.8 Å². The molecule has 0 spiro atoms. The van der Waals surface area contributed by atoms with Gasteiger partial charge in [0.05, 0.1) is 17.6 Å². The summed E-state index contributed by atoms with van der Waals surface area (Å²) in [5.41, 5.74) is 4.49. The highest BCUT2D eigenvalue weighted by molar-refractivity contribution is 5.85. The van der Waals surface area contributed by atoms with E-state index < -0.39 is 0 Å². The van der Waals surface area contributed by atoms with Crippen LogP contribution in [0.5, 0.6) is 0 Å². The summed E-state index contributed by atoms with van der Waals surface area (Å²) in [6.07, 6.45) is 3.88. The first-order valence-corrected chi connectivity index (χ1v) is 5.29. The topological polar surface area (TPSA) is 47.7 Å². The lowest BCUT2D eigenvalue weighted by molar-refractivity contribution is 0.738. The third kappa shape index (κ3) is 2.79. The molecule has 94 valence electrons. The Balaban J connectivity index is 0.00000144. The van der Waals surface area contributed by atoms with E-state index in [9.17, 15) is 0 Å². The molecular formula is C11H18ClN5. The van der Waals surface area contributed by atoms with Gasteiger partial charge in [-0.1, -0.05) is 0 Å². The van der Waals surface area contributed by atoms with Crippen molar-refractivity contribution in [3.63, 3.8) is 0 Å². The number of aromatic nitrogens is 4. The summed E-state index contributed by atoms with van der Waals surface area (Å²) in [5.74, 6) is 0. The van der Waals surface area contributed by atoms with Gasteiger partial charge in [-0.15, -0.1) is 12.4 Å². The van der Waals surface area contributed by atoms with Crippen LogP contribution >= 0.6 is 12.4 Å². The minimum Gasteiger partial charge on any atom is -0.378 e. The predicted octanol–water partition coefficient (Wildman–Crippen LogP) is 1.80. The SMILES string of the molecule is Cc1nn(C)cc1NCc1cnn(C)c1C.Cl. The van der Waals surface area contributed by atoms with Gasteiger partial charge in [0.25, 0.3) is 0 Å². The van der Waals surface area contributed by atoms with Crippen molar-refractivity contribution in [2.75, 3.05) is 5.32 Å². The smallest absolute Gasteiger partial charge is 0.0825 e. The minimum absolute atomic E-state index is 0. The molecule has 0 saturated heterocycles. The van der Waals surface area contributed by atoms with E-state index in [4.69, 9.17) is 0 Å². The Morgan fingerprint density at radius 2 is 2.00 bits per heavy atom. The van der Waals surface area contributed by atoms with Gasteiger partial charge in [-0.3, -0.25) is 9.36 Å². The van der Waals surface area contributed by atoms with Crippen molar-refractivity contribution in [1.82, 2.24) is 19.6 Å².